The number of nitrogens with one attached hydrogen (secondary N) is 4. The van der Waals surface area contributed by atoms with Crippen LogP contribution in [0.1, 0.15) is 83.3 Å². The summed E-state index contributed by atoms with van der Waals surface area (Å²) in [4.78, 5) is 46.3. The van der Waals surface area contributed by atoms with Gasteiger partial charge in [-0.1, -0.05) is 56.6 Å². The Bertz CT molecular complexity index is 2000. The Hall–Kier alpha value is -4.08. The van der Waals surface area contributed by atoms with E-state index in [-0.39, 0.29) is 36.0 Å². The molecule has 2 bridgehead atoms. The maximum atomic E-state index is 14.3. The number of amides is 3. The Kier molecular flexibility index (Phi) is 9.38. The molecule has 0 unspecified atom stereocenters. The fraction of sp³-hybridized carbons (Fsp3) is 0.514. The molecule has 7 atom stereocenters. The van der Waals surface area contributed by atoms with E-state index in [4.69, 9.17) is 20.9 Å². The standard InChI is InChI=1S/C37H43BClF3N6O5/c1-6-29(38-52-28-16-22-15-27(34(22,2)3)36(28,5)53-38)46-30(49)26-17-35(4,47-33(51)45-24-13-8-7-12-23(24)39)32-44-19-25(31(50)48(26)32)43-18-20-10-9-11-21(14-20)37(40,41)42/h7-14,19,22,26-29,43H,6,15-18H2,1-5H3,(H,46,49)(H2,45,47,51)/t22-,26-,27-,28+,29-,35+,36-/m0/s1. The van der Waals surface area contributed by atoms with Gasteiger partial charge in [0.15, 0.2) is 0 Å². The summed E-state index contributed by atoms with van der Waals surface area (Å²) in [5.41, 5.74) is -2.47. The summed E-state index contributed by atoms with van der Waals surface area (Å²) >= 11 is 6.26. The molecule has 8 rings (SSSR count). The maximum absolute atomic E-state index is 14.3. The third-order valence-electron chi connectivity index (χ3n) is 12.0. The van der Waals surface area contributed by atoms with E-state index in [1.54, 1.807) is 31.2 Å². The van der Waals surface area contributed by atoms with Gasteiger partial charge in [0.1, 0.15) is 17.6 Å². The van der Waals surface area contributed by atoms with Crippen LogP contribution >= 0.6 is 11.6 Å². The summed E-state index contributed by atoms with van der Waals surface area (Å²) in [6.07, 6.45) is -0.949. The number of halogens is 4. The van der Waals surface area contributed by atoms with Gasteiger partial charge >= 0.3 is 19.3 Å². The number of carbonyl (C=O) groups excluding carboxylic acids is 2. The Morgan fingerprint density at radius 2 is 1.85 bits per heavy atom. The third kappa shape index (κ3) is 6.58. The van der Waals surface area contributed by atoms with E-state index in [1.807, 2.05) is 6.92 Å². The molecule has 53 heavy (non-hydrogen) atoms. The van der Waals surface area contributed by atoms with Crippen molar-refractivity contribution in [2.75, 3.05) is 10.6 Å². The average molecular weight is 755 g/mol. The highest BCUT2D eigenvalue weighted by molar-refractivity contribution is 6.47. The van der Waals surface area contributed by atoms with Crippen molar-refractivity contribution in [2.45, 2.75) is 102 Å². The van der Waals surface area contributed by atoms with Crippen molar-refractivity contribution < 1.29 is 32.1 Å². The minimum absolute atomic E-state index is 0.0261. The fourth-order valence-corrected chi connectivity index (χ4v) is 9.09. The number of carbonyl (C=O) groups is 2. The number of urea groups is 1. The van der Waals surface area contributed by atoms with Crippen LogP contribution in [0.4, 0.5) is 29.3 Å². The van der Waals surface area contributed by atoms with Crippen LogP contribution in [-0.2, 0) is 32.4 Å². The number of hydrogen-bond acceptors (Lipinski definition) is 7. The van der Waals surface area contributed by atoms with Crippen LogP contribution in [0.2, 0.25) is 5.02 Å². The summed E-state index contributed by atoms with van der Waals surface area (Å²) < 4.78 is 54.4. The van der Waals surface area contributed by atoms with E-state index in [9.17, 15) is 27.6 Å². The Morgan fingerprint density at radius 1 is 1.09 bits per heavy atom. The van der Waals surface area contributed by atoms with Crippen molar-refractivity contribution in [3.8, 4) is 0 Å². The molecule has 2 aliphatic heterocycles. The summed E-state index contributed by atoms with van der Waals surface area (Å²) in [5.74, 6) is -0.0279. The second kappa shape index (κ2) is 13.3. The molecule has 3 aromatic rings. The van der Waals surface area contributed by atoms with E-state index in [0.717, 1.165) is 25.0 Å². The van der Waals surface area contributed by atoms with Crippen LogP contribution in [0.25, 0.3) is 0 Å². The van der Waals surface area contributed by atoms with Crippen molar-refractivity contribution >= 4 is 42.0 Å². The summed E-state index contributed by atoms with van der Waals surface area (Å²) in [6.45, 7) is 10.1. The van der Waals surface area contributed by atoms with E-state index in [2.05, 4.69) is 47.0 Å². The van der Waals surface area contributed by atoms with Crippen LogP contribution in [-0.4, -0.2) is 46.3 Å². The summed E-state index contributed by atoms with van der Waals surface area (Å²) in [5, 5.41) is 11.9. The number of aromatic nitrogens is 2. The average Bonchev–Trinajstić information content (AvgIpc) is 3.61. The van der Waals surface area contributed by atoms with Gasteiger partial charge in [-0.3, -0.25) is 14.2 Å². The van der Waals surface area contributed by atoms with Crippen LogP contribution in [0, 0.1) is 17.3 Å². The molecule has 282 valence electrons. The Labute approximate surface area is 310 Å². The number of rotatable bonds is 9. The lowest BCUT2D eigenvalue weighted by Crippen LogP contribution is -2.65. The zero-order valence-electron chi connectivity index (χ0n) is 30.1. The second-order valence-corrected chi connectivity index (χ2v) is 16.1. The maximum Gasteiger partial charge on any atom is 0.481 e. The quantitative estimate of drug-likeness (QED) is 0.179. The van der Waals surface area contributed by atoms with Crippen LogP contribution in [0.5, 0.6) is 0 Å². The molecular formula is C37H43BClF3N6O5. The van der Waals surface area contributed by atoms with E-state index in [0.29, 0.717) is 34.5 Å². The summed E-state index contributed by atoms with van der Waals surface area (Å²) in [7, 11) is -0.698. The molecule has 0 spiro atoms. The largest absolute Gasteiger partial charge is 0.481 e. The van der Waals surface area contributed by atoms with Crippen molar-refractivity contribution in [3.05, 3.63) is 87.1 Å². The molecule has 4 fully saturated rings. The number of nitrogens with zero attached hydrogens (tertiary/aromatic N) is 2. The lowest BCUT2D eigenvalue weighted by molar-refractivity contribution is -0.199. The first-order valence-electron chi connectivity index (χ1n) is 17.9. The van der Waals surface area contributed by atoms with Gasteiger partial charge in [-0.15, -0.1) is 0 Å². The third-order valence-corrected chi connectivity index (χ3v) is 12.3. The van der Waals surface area contributed by atoms with Crippen LogP contribution < -0.4 is 26.8 Å². The molecule has 3 aliphatic carbocycles. The molecule has 16 heteroatoms. The molecule has 3 heterocycles. The second-order valence-electron chi connectivity index (χ2n) is 15.7. The van der Waals surface area contributed by atoms with Gasteiger partial charge in [-0.2, -0.15) is 13.2 Å². The molecule has 1 aromatic heterocycles. The normalized spacial score (nSPS) is 28.7. The van der Waals surface area contributed by atoms with Gasteiger partial charge < -0.3 is 30.6 Å². The topological polar surface area (TPSA) is 136 Å². The first-order valence-corrected chi connectivity index (χ1v) is 18.3. The first-order chi connectivity index (χ1) is 24.9. The van der Waals surface area contributed by atoms with Crippen LogP contribution in [0.15, 0.2) is 59.5 Å². The van der Waals surface area contributed by atoms with E-state index >= 15 is 0 Å². The number of para-hydroxylation sites is 1. The predicted molar refractivity (Wildman–Crippen MR) is 194 cm³/mol. The highest BCUT2D eigenvalue weighted by atomic mass is 35.5. The van der Waals surface area contributed by atoms with E-state index in [1.165, 1.54) is 22.9 Å². The summed E-state index contributed by atoms with van der Waals surface area (Å²) in [6, 6.07) is 9.71. The number of alkyl halides is 3. The first kappa shape index (κ1) is 37.2. The zero-order valence-corrected chi connectivity index (χ0v) is 30.9. The number of fused-ring (bicyclic) bond motifs is 1. The molecule has 2 aromatic carbocycles. The van der Waals surface area contributed by atoms with Gasteiger partial charge in [-0.25, -0.2) is 9.78 Å². The number of benzene rings is 2. The lowest BCUT2D eigenvalue weighted by atomic mass is 9.43. The SMILES string of the molecule is CC[C@H](NC(=O)[C@@H]1C[C@@](C)(NC(=O)Nc2ccccc2Cl)c2ncc(NCc3cccc(C(F)(F)F)c3)c(=O)n21)B1O[C@@H]2C[C@@H]3C[C@@H](C3(C)C)[C@]2(C)O1. The molecule has 5 aliphatic rings. The van der Waals surface area contributed by atoms with Gasteiger partial charge in [-0.05, 0) is 80.2 Å². The van der Waals surface area contributed by atoms with Gasteiger partial charge in [0, 0.05) is 13.0 Å². The van der Waals surface area contributed by atoms with Gasteiger partial charge in [0.05, 0.1) is 45.7 Å². The van der Waals surface area contributed by atoms with Crippen LogP contribution in [0.3, 0.4) is 0 Å². The smallest absolute Gasteiger partial charge is 0.404 e. The molecular weight excluding hydrogens is 712 g/mol. The molecule has 11 nitrogen and oxygen atoms in total. The minimum atomic E-state index is -4.53. The zero-order chi connectivity index (χ0) is 38.1. The molecule has 4 N–H and O–H groups in total. The Balaban J connectivity index is 1.15. The predicted octanol–water partition coefficient (Wildman–Crippen LogP) is 6.67. The number of hydrogen-bond donors (Lipinski definition) is 4. The van der Waals surface area contributed by atoms with Crippen molar-refractivity contribution in [2.24, 2.45) is 17.3 Å². The fourth-order valence-electron chi connectivity index (χ4n) is 8.91. The molecule has 0 radical (unpaired) electrons. The van der Waals surface area contributed by atoms with Gasteiger partial charge in [0.2, 0.25) is 5.91 Å². The molecule has 1 saturated heterocycles. The highest BCUT2D eigenvalue weighted by Crippen LogP contribution is 2.65. The highest BCUT2D eigenvalue weighted by Gasteiger charge is 2.68. The van der Waals surface area contributed by atoms with Crippen molar-refractivity contribution in [3.63, 3.8) is 0 Å². The van der Waals surface area contributed by atoms with E-state index < -0.39 is 59.5 Å². The molecule has 3 amide bonds. The lowest BCUT2D eigenvalue weighted by Gasteiger charge is -2.64. The monoisotopic (exact) mass is 754 g/mol. The molecule has 3 saturated carbocycles. The Morgan fingerprint density at radius 3 is 2.55 bits per heavy atom. The van der Waals surface area contributed by atoms with Crippen molar-refractivity contribution in [1.29, 1.82) is 0 Å². The minimum Gasteiger partial charge on any atom is -0.404 e. The van der Waals surface area contributed by atoms with Gasteiger partial charge in [0.25, 0.3) is 5.56 Å². The van der Waals surface area contributed by atoms with Crippen molar-refractivity contribution in [1.82, 2.24) is 20.2 Å². The number of anilines is 2.